The summed E-state index contributed by atoms with van der Waals surface area (Å²) >= 11 is 0. The zero-order chi connectivity index (χ0) is 19.2. The molecule has 138 valence electrons. The number of carbonyl (C=O) groups is 2. The van der Waals surface area contributed by atoms with Crippen molar-refractivity contribution in [1.82, 2.24) is 0 Å². The Balaban J connectivity index is 1.75. The number of amides is 2. The number of carbonyl (C=O) groups excluding carboxylic acids is 2. The fourth-order valence-electron chi connectivity index (χ4n) is 2.87. The minimum atomic E-state index is -0.625. The largest absolute Gasteiger partial charge is 0.480 e. The highest BCUT2D eigenvalue weighted by Crippen LogP contribution is 2.27. The fourth-order valence-corrected chi connectivity index (χ4v) is 2.87. The van der Waals surface area contributed by atoms with Crippen molar-refractivity contribution in [2.75, 3.05) is 10.6 Å². The van der Waals surface area contributed by atoms with Crippen LogP contribution in [0.15, 0.2) is 66.7 Å². The molecular formula is C22H22N2O3. The predicted molar refractivity (Wildman–Crippen MR) is 108 cm³/mol. The maximum atomic E-state index is 12.7. The maximum Gasteiger partial charge on any atom is 0.265 e. The maximum absolute atomic E-state index is 12.7. The summed E-state index contributed by atoms with van der Waals surface area (Å²) in [6, 6.07) is 20.7. The summed E-state index contributed by atoms with van der Waals surface area (Å²) in [7, 11) is 0. The van der Waals surface area contributed by atoms with Crippen LogP contribution < -0.4 is 15.4 Å². The fraction of sp³-hybridized carbons (Fsp3) is 0.182. The van der Waals surface area contributed by atoms with Crippen molar-refractivity contribution in [2.24, 2.45) is 0 Å². The lowest BCUT2D eigenvalue weighted by Crippen LogP contribution is -2.32. The molecule has 0 aromatic heterocycles. The van der Waals surface area contributed by atoms with E-state index < -0.39 is 6.10 Å². The highest BCUT2D eigenvalue weighted by atomic mass is 16.5. The van der Waals surface area contributed by atoms with Gasteiger partial charge < -0.3 is 15.4 Å². The molecule has 3 aromatic carbocycles. The quantitative estimate of drug-likeness (QED) is 0.674. The molecule has 5 heteroatoms. The Morgan fingerprint density at radius 1 is 0.926 bits per heavy atom. The lowest BCUT2D eigenvalue weighted by atomic mass is 10.1. The van der Waals surface area contributed by atoms with Crippen molar-refractivity contribution >= 4 is 34.0 Å². The first-order valence-corrected chi connectivity index (χ1v) is 8.89. The number of rotatable bonds is 6. The van der Waals surface area contributed by atoms with Gasteiger partial charge >= 0.3 is 0 Å². The molecule has 0 saturated carbocycles. The van der Waals surface area contributed by atoms with E-state index >= 15 is 0 Å². The van der Waals surface area contributed by atoms with Crippen LogP contribution in [0.4, 0.5) is 11.4 Å². The molecule has 0 aliphatic carbocycles. The van der Waals surface area contributed by atoms with E-state index in [2.05, 4.69) is 10.6 Å². The summed E-state index contributed by atoms with van der Waals surface area (Å²) < 4.78 is 6.02. The summed E-state index contributed by atoms with van der Waals surface area (Å²) in [5.74, 6) is 0.289. The topological polar surface area (TPSA) is 67.4 Å². The molecule has 0 saturated heterocycles. The molecule has 0 radical (unpaired) electrons. The van der Waals surface area contributed by atoms with Gasteiger partial charge in [-0.2, -0.15) is 0 Å². The lowest BCUT2D eigenvalue weighted by molar-refractivity contribution is -0.122. The monoisotopic (exact) mass is 362 g/mol. The Morgan fingerprint density at radius 2 is 1.59 bits per heavy atom. The molecule has 2 N–H and O–H groups in total. The van der Waals surface area contributed by atoms with Gasteiger partial charge in [-0.15, -0.1) is 0 Å². The van der Waals surface area contributed by atoms with Crippen molar-refractivity contribution in [2.45, 2.75) is 26.4 Å². The van der Waals surface area contributed by atoms with Gasteiger partial charge in [0.2, 0.25) is 5.91 Å². The van der Waals surface area contributed by atoms with Gasteiger partial charge in [-0.05, 0) is 36.1 Å². The minimum absolute atomic E-state index is 0.163. The third-order valence-electron chi connectivity index (χ3n) is 4.13. The second-order valence-electron chi connectivity index (χ2n) is 6.24. The first-order valence-electron chi connectivity index (χ1n) is 8.89. The van der Waals surface area contributed by atoms with Gasteiger partial charge in [0.15, 0.2) is 6.10 Å². The van der Waals surface area contributed by atoms with Gasteiger partial charge in [-0.1, -0.05) is 49.4 Å². The Labute approximate surface area is 158 Å². The summed E-state index contributed by atoms with van der Waals surface area (Å²) in [5.41, 5.74) is 1.23. The smallest absolute Gasteiger partial charge is 0.265 e. The molecule has 0 aliphatic rings. The van der Waals surface area contributed by atoms with Gasteiger partial charge in [0.1, 0.15) is 5.75 Å². The molecule has 0 aliphatic heterocycles. The molecule has 3 aromatic rings. The minimum Gasteiger partial charge on any atom is -0.480 e. The average Bonchev–Trinajstić information content (AvgIpc) is 2.65. The number of hydrogen-bond acceptors (Lipinski definition) is 3. The van der Waals surface area contributed by atoms with Crippen LogP contribution >= 0.6 is 0 Å². The Kier molecular flexibility index (Phi) is 5.71. The van der Waals surface area contributed by atoms with Crippen molar-refractivity contribution in [3.8, 4) is 5.75 Å². The van der Waals surface area contributed by atoms with E-state index in [0.717, 1.165) is 10.8 Å². The SMILES string of the molecule is CC[C@@H](Oc1cccc2ccccc12)C(=O)Nc1cccc(NC(C)=O)c1. The Hall–Kier alpha value is -3.34. The van der Waals surface area contributed by atoms with E-state index in [0.29, 0.717) is 23.5 Å². The van der Waals surface area contributed by atoms with Gasteiger partial charge in [-0.25, -0.2) is 0 Å². The second-order valence-corrected chi connectivity index (χ2v) is 6.24. The molecular weight excluding hydrogens is 340 g/mol. The molecule has 0 spiro atoms. The van der Waals surface area contributed by atoms with Crippen LogP contribution in [0.2, 0.25) is 0 Å². The van der Waals surface area contributed by atoms with Gasteiger partial charge in [0.25, 0.3) is 5.91 Å². The van der Waals surface area contributed by atoms with Gasteiger partial charge in [-0.3, -0.25) is 9.59 Å². The Bertz CT molecular complexity index is 963. The van der Waals surface area contributed by atoms with Crippen molar-refractivity contribution in [3.63, 3.8) is 0 Å². The van der Waals surface area contributed by atoms with Crippen LogP contribution in [0.25, 0.3) is 10.8 Å². The lowest BCUT2D eigenvalue weighted by Gasteiger charge is -2.19. The number of nitrogens with one attached hydrogen (secondary N) is 2. The first-order chi connectivity index (χ1) is 13.1. The molecule has 1 atom stereocenters. The number of benzene rings is 3. The molecule has 0 bridgehead atoms. The molecule has 0 heterocycles. The zero-order valence-electron chi connectivity index (χ0n) is 15.4. The standard InChI is InChI=1S/C22H22N2O3/c1-3-20(27-21-13-6-9-16-8-4-5-12-19(16)21)22(26)24-18-11-7-10-17(14-18)23-15(2)25/h4-14,20H,3H2,1-2H3,(H,23,25)(H,24,26)/t20-/m1/s1. The van der Waals surface area contributed by atoms with Crippen molar-refractivity contribution in [3.05, 3.63) is 66.7 Å². The molecule has 0 fully saturated rings. The van der Waals surface area contributed by atoms with Crippen LogP contribution in [0, 0.1) is 0 Å². The Morgan fingerprint density at radius 3 is 2.33 bits per heavy atom. The first kappa shape index (κ1) is 18.5. The molecule has 3 rings (SSSR count). The van der Waals surface area contributed by atoms with E-state index in [1.165, 1.54) is 6.92 Å². The van der Waals surface area contributed by atoms with E-state index in [1.807, 2.05) is 49.4 Å². The summed E-state index contributed by atoms with van der Waals surface area (Å²) in [6.45, 7) is 3.35. The van der Waals surface area contributed by atoms with Crippen LogP contribution in [0.5, 0.6) is 5.75 Å². The van der Waals surface area contributed by atoms with Gasteiger partial charge in [0.05, 0.1) is 0 Å². The summed E-state index contributed by atoms with van der Waals surface area (Å²) in [4.78, 5) is 23.9. The number of anilines is 2. The third kappa shape index (κ3) is 4.64. The van der Waals surface area contributed by atoms with E-state index in [1.54, 1.807) is 24.3 Å². The van der Waals surface area contributed by atoms with Crippen LogP contribution in [0.3, 0.4) is 0 Å². The highest BCUT2D eigenvalue weighted by Gasteiger charge is 2.19. The number of ether oxygens (including phenoxy) is 1. The number of fused-ring (bicyclic) bond motifs is 1. The van der Waals surface area contributed by atoms with E-state index in [-0.39, 0.29) is 11.8 Å². The van der Waals surface area contributed by atoms with Crippen molar-refractivity contribution in [1.29, 1.82) is 0 Å². The second kappa shape index (κ2) is 8.36. The molecule has 0 unspecified atom stereocenters. The summed E-state index contributed by atoms with van der Waals surface area (Å²) in [5, 5.41) is 7.59. The number of hydrogen-bond donors (Lipinski definition) is 2. The molecule has 5 nitrogen and oxygen atoms in total. The third-order valence-corrected chi connectivity index (χ3v) is 4.13. The zero-order valence-corrected chi connectivity index (χ0v) is 15.4. The normalized spacial score (nSPS) is 11.6. The van der Waals surface area contributed by atoms with E-state index in [9.17, 15) is 9.59 Å². The van der Waals surface area contributed by atoms with Crippen LogP contribution in [0.1, 0.15) is 20.3 Å². The molecule has 27 heavy (non-hydrogen) atoms. The van der Waals surface area contributed by atoms with E-state index in [4.69, 9.17) is 4.74 Å². The van der Waals surface area contributed by atoms with Crippen molar-refractivity contribution < 1.29 is 14.3 Å². The average molecular weight is 362 g/mol. The van der Waals surface area contributed by atoms with Gasteiger partial charge in [0, 0.05) is 23.7 Å². The van der Waals surface area contributed by atoms with Crippen LogP contribution in [-0.4, -0.2) is 17.9 Å². The molecule has 2 amide bonds. The highest BCUT2D eigenvalue weighted by molar-refractivity contribution is 5.96. The van der Waals surface area contributed by atoms with Crippen LogP contribution in [-0.2, 0) is 9.59 Å². The predicted octanol–water partition coefficient (Wildman–Crippen LogP) is 4.59. The summed E-state index contributed by atoms with van der Waals surface area (Å²) in [6.07, 6.45) is -0.0966.